The second-order valence-corrected chi connectivity index (χ2v) is 8.03. The molecule has 0 fully saturated rings. The molecule has 3 nitrogen and oxygen atoms in total. The van der Waals surface area contributed by atoms with E-state index in [0.717, 1.165) is 31.8 Å². The van der Waals surface area contributed by atoms with Crippen LogP contribution in [0.4, 0.5) is 0 Å². The molecule has 3 aromatic rings. The Kier molecular flexibility index (Phi) is 5.54. The lowest BCUT2D eigenvalue weighted by molar-refractivity contribution is 0.220. The van der Waals surface area contributed by atoms with E-state index in [2.05, 4.69) is 84.1 Å². The van der Waals surface area contributed by atoms with Crippen molar-refractivity contribution in [2.75, 3.05) is 13.7 Å². The van der Waals surface area contributed by atoms with Gasteiger partial charge < -0.3 is 9.30 Å². The maximum Gasteiger partial charge on any atom is 0.119 e. The van der Waals surface area contributed by atoms with Gasteiger partial charge in [0.1, 0.15) is 5.75 Å². The molecule has 0 amide bonds. The lowest BCUT2D eigenvalue weighted by atomic mass is 9.99. The minimum Gasteiger partial charge on any atom is -0.497 e. The van der Waals surface area contributed by atoms with Crippen molar-refractivity contribution in [2.24, 2.45) is 0 Å². The van der Waals surface area contributed by atoms with Gasteiger partial charge >= 0.3 is 0 Å². The number of fused-ring (bicyclic) bond motifs is 1. The Labute approximate surface area is 168 Å². The molecule has 28 heavy (non-hydrogen) atoms. The molecule has 146 valence electrons. The minimum atomic E-state index is 0.234. The monoisotopic (exact) mass is 374 g/mol. The van der Waals surface area contributed by atoms with E-state index >= 15 is 0 Å². The van der Waals surface area contributed by atoms with Crippen molar-refractivity contribution >= 4 is 0 Å². The van der Waals surface area contributed by atoms with E-state index in [0.29, 0.717) is 5.92 Å². The Morgan fingerprint density at radius 1 is 1.00 bits per heavy atom. The highest BCUT2D eigenvalue weighted by molar-refractivity contribution is 5.36. The summed E-state index contributed by atoms with van der Waals surface area (Å²) in [7, 11) is 1.74. The summed E-state index contributed by atoms with van der Waals surface area (Å²) in [4.78, 5) is 2.61. The maximum atomic E-state index is 5.51. The predicted octanol–water partition coefficient (Wildman–Crippen LogP) is 5.62. The number of ether oxygens (including phenoxy) is 1. The molecule has 0 aliphatic carbocycles. The van der Waals surface area contributed by atoms with E-state index < -0.39 is 0 Å². The molecule has 0 saturated heterocycles. The predicted molar refractivity (Wildman–Crippen MR) is 115 cm³/mol. The molecule has 1 unspecified atom stereocenters. The molecular weight excluding hydrogens is 344 g/mol. The van der Waals surface area contributed by atoms with Crippen molar-refractivity contribution in [3.8, 4) is 5.75 Å². The summed E-state index contributed by atoms with van der Waals surface area (Å²) >= 11 is 0. The van der Waals surface area contributed by atoms with Gasteiger partial charge in [0.25, 0.3) is 0 Å². The first-order chi connectivity index (χ1) is 13.7. The van der Waals surface area contributed by atoms with Crippen LogP contribution in [0.15, 0.2) is 66.9 Å². The van der Waals surface area contributed by atoms with Crippen molar-refractivity contribution < 1.29 is 4.74 Å². The average molecular weight is 375 g/mol. The molecule has 0 radical (unpaired) electrons. The standard InChI is InChI=1S/C25H30N2O/c1-19(2)21-12-10-20(11-13-21)18-27-16-6-15-26-14-5-9-24(26)25(27)22-7-4-8-23(17-22)28-3/h4-5,7-14,17,19,25H,6,15-16,18H2,1-3H3. The van der Waals surface area contributed by atoms with Crippen molar-refractivity contribution in [3.63, 3.8) is 0 Å². The number of hydrogen-bond acceptors (Lipinski definition) is 2. The van der Waals surface area contributed by atoms with Crippen LogP contribution in [-0.4, -0.2) is 23.1 Å². The highest BCUT2D eigenvalue weighted by atomic mass is 16.5. The topological polar surface area (TPSA) is 17.4 Å². The van der Waals surface area contributed by atoms with Crippen LogP contribution >= 0.6 is 0 Å². The first kappa shape index (κ1) is 18.8. The number of aromatic nitrogens is 1. The first-order valence-electron chi connectivity index (χ1n) is 10.3. The Morgan fingerprint density at radius 2 is 1.82 bits per heavy atom. The van der Waals surface area contributed by atoms with Crippen LogP contribution in [0.3, 0.4) is 0 Å². The highest BCUT2D eigenvalue weighted by Crippen LogP contribution is 2.34. The van der Waals surface area contributed by atoms with E-state index in [4.69, 9.17) is 4.74 Å². The molecule has 1 atom stereocenters. The van der Waals surface area contributed by atoms with E-state index in [1.807, 2.05) is 6.07 Å². The van der Waals surface area contributed by atoms with Gasteiger partial charge in [-0.25, -0.2) is 0 Å². The summed E-state index contributed by atoms with van der Waals surface area (Å²) in [5.74, 6) is 1.49. The SMILES string of the molecule is COc1cccc(C2c3cccn3CCCN2Cc2ccc(C(C)C)cc2)c1. The fourth-order valence-corrected chi connectivity index (χ4v) is 4.25. The number of rotatable bonds is 5. The summed E-state index contributed by atoms with van der Waals surface area (Å²) < 4.78 is 7.92. The fraction of sp³-hybridized carbons (Fsp3) is 0.360. The van der Waals surface area contributed by atoms with E-state index in [1.165, 1.54) is 22.4 Å². The van der Waals surface area contributed by atoms with Gasteiger partial charge in [-0.3, -0.25) is 4.90 Å². The van der Waals surface area contributed by atoms with Crippen LogP contribution in [0.25, 0.3) is 0 Å². The van der Waals surface area contributed by atoms with Gasteiger partial charge in [0, 0.05) is 31.5 Å². The Morgan fingerprint density at radius 3 is 2.57 bits per heavy atom. The van der Waals surface area contributed by atoms with Crippen LogP contribution in [0, 0.1) is 0 Å². The molecule has 4 rings (SSSR count). The van der Waals surface area contributed by atoms with Crippen molar-refractivity contribution in [2.45, 2.75) is 45.3 Å². The van der Waals surface area contributed by atoms with Crippen molar-refractivity contribution in [1.82, 2.24) is 9.47 Å². The quantitative estimate of drug-likeness (QED) is 0.577. The largest absolute Gasteiger partial charge is 0.497 e. The van der Waals surface area contributed by atoms with Gasteiger partial charge in [-0.1, -0.05) is 50.2 Å². The lowest BCUT2D eigenvalue weighted by Gasteiger charge is -2.31. The molecule has 2 aromatic carbocycles. The van der Waals surface area contributed by atoms with Crippen molar-refractivity contribution in [1.29, 1.82) is 0 Å². The molecule has 0 saturated carbocycles. The van der Waals surface area contributed by atoms with E-state index in [9.17, 15) is 0 Å². The number of nitrogens with zero attached hydrogens (tertiary/aromatic N) is 2. The van der Waals surface area contributed by atoms with Crippen LogP contribution in [-0.2, 0) is 13.1 Å². The van der Waals surface area contributed by atoms with Crippen molar-refractivity contribution in [3.05, 3.63) is 89.2 Å². The number of aryl methyl sites for hydroxylation is 1. The van der Waals surface area contributed by atoms with Gasteiger partial charge in [-0.15, -0.1) is 0 Å². The van der Waals surface area contributed by atoms with Crippen LogP contribution < -0.4 is 4.74 Å². The fourth-order valence-electron chi connectivity index (χ4n) is 4.25. The second-order valence-electron chi connectivity index (χ2n) is 8.03. The number of methoxy groups -OCH3 is 1. The summed E-state index contributed by atoms with van der Waals surface area (Å²) in [6, 6.07) is 22.3. The molecule has 1 aromatic heterocycles. The first-order valence-corrected chi connectivity index (χ1v) is 10.3. The summed E-state index contributed by atoms with van der Waals surface area (Å²) in [6.45, 7) is 7.60. The third-order valence-electron chi connectivity index (χ3n) is 5.80. The van der Waals surface area contributed by atoms with Gasteiger partial charge in [0.05, 0.1) is 13.2 Å². The van der Waals surface area contributed by atoms with E-state index in [-0.39, 0.29) is 6.04 Å². The van der Waals surface area contributed by atoms with E-state index in [1.54, 1.807) is 7.11 Å². The molecule has 3 heteroatoms. The van der Waals surface area contributed by atoms with Gasteiger partial charge in [-0.05, 0) is 53.3 Å². The zero-order valence-electron chi connectivity index (χ0n) is 17.1. The Balaban J connectivity index is 1.69. The highest BCUT2D eigenvalue weighted by Gasteiger charge is 2.27. The molecular formula is C25H30N2O. The maximum absolute atomic E-state index is 5.51. The van der Waals surface area contributed by atoms with Crippen LogP contribution in [0.1, 0.15) is 54.6 Å². The molecule has 1 aliphatic rings. The van der Waals surface area contributed by atoms with Crippen LogP contribution in [0.2, 0.25) is 0 Å². The zero-order chi connectivity index (χ0) is 19.5. The normalized spacial score (nSPS) is 17.4. The van der Waals surface area contributed by atoms with Gasteiger partial charge in [0.15, 0.2) is 0 Å². The minimum absolute atomic E-state index is 0.234. The third kappa shape index (κ3) is 3.85. The van der Waals surface area contributed by atoms with Crippen LogP contribution in [0.5, 0.6) is 5.75 Å². The smallest absolute Gasteiger partial charge is 0.119 e. The molecule has 2 heterocycles. The third-order valence-corrected chi connectivity index (χ3v) is 5.80. The second kappa shape index (κ2) is 8.24. The average Bonchev–Trinajstić information content (AvgIpc) is 3.10. The summed E-state index contributed by atoms with van der Waals surface area (Å²) in [5.41, 5.74) is 5.43. The lowest BCUT2D eigenvalue weighted by Crippen LogP contribution is -2.29. The van der Waals surface area contributed by atoms with Gasteiger partial charge in [0.2, 0.25) is 0 Å². The summed E-state index contributed by atoms with van der Waals surface area (Å²) in [6.07, 6.45) is 3.37. The Hall–Kier alpha value is -2.52. The molecule has 0 bridgehead atoms. The summed E-state index contributed by atoms with van der Waals surface area (Å²) in [5, 5.41) is 0. The number of benzene rings is 2. The number of hydrogen-bond donors (Lipinski definition) is 0. The zero-order valence-corrected chi connectivity index (χ0v) is 17.1. The molecule has 0 N–H and O–H groups in total. The molecule has 1 aliphatic heterocycles. The molecule has 0 spiro atoms. The Bertz CT molecular complexity index is 910. The van der Waals surface area contributed by atoms with Gasteiger partial charge in [-0.2, -0.15) is 0 Å².